The van der Waals surface area contributed by atoms with E-state index in [0.717, 1.165) is 19.4 Å². The molecule has 1 amide bonds. The molecule has 0 aromatic rings. The molecule has 0 saturated carbocycles. The fraction of sp³-hybridized carbons (Fsp3) is 0.909. The largest absolute Gasteiger partial charge is 0.375 e. The van der Waals surface area contributed by atoms with Crippen LogP contribution in [0.4, 0.5) is 0 Å². The van der Waals surface area contributed by atoms with Crippen molar-refractivity contribution in [3.8, 4) is 0 Å². The zero-order valence-corrected chi connectivity index (χ0v) is 9.44. The highest BCUT2D eigenvalue weighted by Gasteiger charge is 2.35. The van der Waals surface area contributed by atoms with Crippen LogP contribution in [-0.4, -0.2) is 48.8 Å². The predicted molar refractivity (Wildman–Crippen MR) is 55.6 cm³/mol. The standard InChI is InChI=1S/C11H19NO3/c1-8(2)15-10-3-4-12-9(5-10)6-14-7-11(12)13/h8-10H,3-7H2,1-2H3/t9-,10-/m0/s1. The molecule has 0 aromatic heterocycles. The molecule has 0 N–H and O–H groups in total. The first-order valence-corrected chi connectivity index (χ1v) is 5.69. The van der Waals surface area contributed by atoms with Crippen LogP contribution >= 0.6 is 0 Å². The second kappa shape index (κ2) is 4.49. The Balaban J connectivity index is 1.91. The number of carbonyl (C=O) groups is 1. The second-order valence-electron chi connectivity index (χ2n) is 4.59. The molecule has 2 fully saturated rings. The smallest absolute Gasteiger partial charge is 0.248 e. The number of hydrogen-bond acceptors (Lipinski definition) is 3. The van der Waals surface area contributed by atoms with Gasteiger partial charge in [0, 0.05) is 6.54 Å². The Labute approximate surface area is 90.5 Å². The van der Waals surface area contributed by atoms with Gasteiger partial charge < -0.3 is 14.4 Å². The van der Waals surface area contributed by atoms with Gasteiger partial charge in [-0.15, -0.1) is 0 Å². The van der Waals surface area contributed by atoms with Crippen LogP contribution in [0.5, 0.6) is 0 Å². The van der Waals surface area contributed by atoms with Gasteiger partial charge in [-0.25, -0.2) is 0 Å². The highest BCUT2D eigenvalue weighted by molar-refractivity contribution is 5.78. The van der Waals surface area contributed by atoms with Crippen molar-refractivity contribution in [2.45, 2.75) is 44.9 Å². The first-order chi connectivity index (χ1) is 7.16. The number of morpholine rings is 1. The number of ether oxygens (including phenoxy) is 2. The molecule has 2 rings (SSSR count). The van der Waals surface area contributed by atoms with E-state index in [1.54, 1.807) is 0 Å². The normalized spacial score (nSPS) is 31.9. The molecule has 2 aliphatic heterocycles. The molecule has 0 radical (unpaired) electrons. The van der Waals surface area contributed by atoms with Gasteiger partial charge in [0.05, 0.1) is 24.9 Å². The van der Waals surface area contributed by atoms with Crippen molar-refractivity contribution in [2.75, 3.05) is 19.8 Å². The molecule has 15 heavy (non-hydrogen) atoms. The minimum absolute atomic E-state index is 0.134. The molecule has 0 bridgehead atoms. The summed E-state index contributed by atoms with van der Waals surface area (Å²) in [6, 6.07) is 0.240. The van der Waals surface area contributed by atoms with E-state index in [1.807, 2.05) is 4.90 Å². The Hall–Kier alpha value is -0.610. The maximum Gasteiger partial charge on any atom is 0.248 e. The topological polar surface area (TPSA) is 38.8 Å². The van der Waals surface area contributed by atoms with Crippen molar-refractivity contribution in [1.82, 2.24) is 4.90 Å². The maximum absolute atomic E-state index is 11.5. The maximum atomic E-state index is 11.5. The van der Waals surface area contributed by atoms with Gasteiger partial charge in [0.25, 0.3) is 0 Å². The monoisotopic (exact) mass is 213 g/mol. The lowest BCUT2D eigenvalue weighted by atomic mass is 9.98. The summed E-state index contributed by atoms with van der Waals surface area (Å²) in [5, 5.41) is 0. The van der Waals surface area contributed by atoms with Crippen molar-refractivity contribution in [3.63, 3.8) is 0 Å². The molecular formula is C11H19NO3. The summed E-state index contributed by atoms with van der Waals surface area (Å²) >= 11 is 0. The van der Waals surface area contributed by atoms with Crippen LogP contribution in [-0.2, 0) is 14.3 Å². The average Bonchev–Trinajstić information content (AvgIpc) is 2.17. The molecule has 0 aliphatic carbocycles. The highest BCUT2D eigenvalue weighted by atomic mass is 16.5. The van der Waals surface area contributed by atoms with Crippen LogP contribution < -0.4 is 0 Å². The minimum Gasteiger partial charge on any atom is -0.375 e. The van der Waals surface area contributed by atoms with Gasteiger partial charge in [-0.1, -0.05) is 0 Å². The van der Waals surface area contributed by atoms with Crippen LogP contribution in [0.15, 0.2) is 0 Å². The first-order valence-electron chi connectivity index (χ1n) is 5.69. The van der Waals surface area contributed by atoms with E-state index in [-0.39, 0.29) is 24.7 Å². The van der Waals surface area contributed by atoms with E-state index in [2.05, 4.69) is 13.8 Å². The Morgan fingerprint density at radius 1 is 1.53 bits per heavy atom. The van der Waals surface area contributed by atoms with Gasteiger partial charge in [0.15, 0.2) is 0 Å². The summed E-state index contributed by atoms with van der Waals surface area (Å²) < 4.78 is 11.0. The highest BCUT2D eigenvalue weighted by Crippen LogP contribution is 2.23. The number of carbonyl (C=O) groups excluding carboxylic acids is 1. The molecule has 4 nitrogen and oxygen atoms in total. The number of amides is 1. The van der Waals surface area contributed by atoms with E-state index in [9.17, 15) is 4.79 Å². The molecule has 2 atom stereocenters. The van der Waals surface area contributed by atoms with Crippen LogP contribution in [0.3, 0.4) is 0 Å². The third-order valence-electron chi connectivity index (χ3n) is 2.99. The van der Waals surface area contributed by atoms with E-state index in [0.29, 0.717) is 12.7 Å². The SMILES string of the molecule is CC(C)O[C@H]1CCN2C(=O)COC[C@@H]2C1. The van der Waals surface area contributed by atoms with Crippen LogP contribution in [0.2, 0.25) is 0 Å². The summed E-state index contributed by atoms with van der Waals surface area (Å²) in [7, 11) is 0. The number of rotatable bonds is 2. The molecule has 2 saturated heterocycles. The Morgan fingerprint density at radius 3 is 3.07 bits per heavy atom. The molecule has 86 valence electrons. The minimum atomic E-state index is 0.134. The molecule has 2 heterocycles. The van der Waals surface area contributed by atoms with E-state index < -0.39 is 0 Å². The number of nitrogens with zero attached hydrogens (tertiary/aromatic N) is 1. The molecule has 0 spiro atoms. The summed E-state index contributed by atoms with van der Waals surface area (Å²) in [6.45, 7) is 5.85. The lowest BCUT2D eigenvalue weighted by Gasteiger charge is -2.42. The Kier molecular flexibility index (Phi) is 3.26. The molecule has 0 unspecified atom stereocenters. The summed E-state index contributed by atoms with van der Waals surface area (Å²) in [6.07, 6.45) is 2.44. The van der Waals surface area contributed by atoms with Gasteiger partial charge in [-0.3, -0.25) is 4.79 Å². The number of piperidine rings is 1. The number of fused-ring (bicyclic) bond motifs is 1. The van der Waals surface area contributed by atoms with Gasteiger partial charge in [-0.05, 0) is 26.7 Å². The van der Waals surface area contributed by atoms with Crippen molar-refractivity contribution in [2.24, 2.45) is 0 Å². The van der Waals surface area contributed by atoms with Crippen molar-refractivity contribution >= 4 is 5.91 Å². The lowest BCUT2D eigenvalue weighted by molar-refractivity contribution is -0.155. The van der Waals surface area contributed by atoms with E-state index in [1.165, 1.54) is 0 Å². The second-order valence-corrected chi connectivity index (χ2v) is 4.59. The molecular weight excluding hydrogens is 194 g/mol. The van der Waals surface area contributed by atoms with Crippen LogP contribution in [0.25, 0.3) is 0 Å². The molecule has 2 aliphatic rings. The van der Waals surface area contributed by atoms with E-state index in [4.69, 9.17) is 9.47 Å². The molecule has 4 heteroatoms. The summed E-state index contributed by atoms with van der Waals surface area (Å²) in [5.74, 6) is 0.134. The molecule has 0 aromatic carbocycles. The third-order valence-corrected chi connectivity index (χ3v) is 2.99. The van der Waals surface area contributed by atoms with Crippen molar-refractivity contribution in [3.05, 3.63) is 0 Å². The third kappa shape index (κ3) is 2.49. The number of hydrogen-bond donors (Lipinski definition) is 0. The van der Waals surface area contributed by atoms with Gasteiger partial charge in [-0.2, -0.15) is 0 Å². The average molecular weight is 213 g/mol. The van der Waals surface area contributed by atoms with Gasteiger partial charge in [0.2, 0.25) is 5.91 Å². The first kappa shape index (κ1) is 10.9. The van der Waals surface area contributed by atoms with Crippen LogP contribution in [0, 0.1) is 0 Å². The Bertz CT molecular complexity index is 242. The van der Waals surface area contributed by atoms with Crippen LogP contribution in [0.1, 0.15) is 26.7 Å². The predicted octanol–water partition coefficient (Wildman–Crippen LogP) is 0.801. The van der Waals surface area contributed by atoms with E-state index >= 15 is 0 Å². The van der Waals surface area contributed by atoms with Gasteiger partial charge >= 0.3 is 0 Å². The summed E-state index contributed by atoms with van der Waals surface area (Å²) in [4.78, 5) is 13.5. The Morgan fingerprint density at radius 2 is 2.33 bits per heavy atom. The zero-order chi connectivity index (χ0) is 10.8. The summed E-state index contributed by atoms with van der Waals surface area (Å²) in [5.41, 5.74) is 0. The lowest BCUT2D eigenvalue weighted by Crippen LogP contribution is -2.54. The van der Waals surface area contributed by atoms with Crippen molar-refractivity contribution in [1.29, 1.82) is 0 Å². The zero-order valence-electron chi connectivity index (χ0n) is 9.44. The van der Waals surface area contributed by atoms with Crippen molar-refractivity contribution < 1.29 is 14.3 Å². The fourth-order valence-corrected chi connectivity index (χ4v) is 2.37. The fourth-order valence-electron chi connectivity index (χ4n) is 2.37. The quantitative estimate of drug-likeness (QED) is 0.681. The van der Waals surface area contributed by atoms with Gasteiger partial charge in [0.1, 0.15) is 6.61 Å².